The molecule has 0 aliphatic heterocycles. The molecule has 4 nitrogen and oxygen atoms in total. The summed E-state index contributed by atoms with van der Waals surface area (Å²) in [5, 5.41) is 0. The average molecular weight is 250 g/mol. The molecule has 1 aromatic carbocycles. The lowest BCUT2D eigenvalue weighted by atomic mass is 9.74. The fourth-order valence-corrected chi connectivity index (χ4v) is 2.26. The Hall–Kier alpha value is -1.55. The Labute approximate surface area is 107 Å². The Bertz CT molecular complexity index is 444. The van der Waals surface area contributed by atoms with E-state index in [-0.39, 0.29) is 5.78 Å². The number of hydrogen-bond donors (Lipinski definition) is 0. The molecule has 98 valence electrons. The summed E-state index contributed by atoms with van der Waals surface area (Å²) in [6.45, 7) is 0. The molecule has 0 unspecified atom stereocenters. The number of hydrogen-bond acceptors (Lipinski definition) is 4. The van der Waals surface area contributed by atoms with Crippen molar-refractivity contribution < 1.29 is 19.0 Å². The third-order valence-electron chi connectivity index (χ3n) is 3.62. The first-order valence-corrected chi connectivity index (χ1v) is 5.99. The van der Waals surface area contributed by atoms with Crippen molar-refractivity contribution in [2.45, 2.75) is 24.9 Å². The number of ketones is 1. The van der Waals surface area contributed by atoms with E-state index in [1.54, 1.807) is 39.5 Å². The topological polar surface area (TPSA) is 44.8 Å². The van der Waals surface area contributed by atoms with E-state index in [1.165, 1.54) is 0 Å². The molecule has 0 bridgehead atoms. The summed E-state index contributed by atoms with van der Waals surface area (Å²) in [6, 6.07) is 5.23. The van der Waals surface area contributed by atoms with Gasteiger partial charge in [0.2, 0.25) is 0 Å². The van der Waals surface area contributed by atoms with Crippen molar-refractivity contribution >= 4 is 5.78 Å². The van der Waals surface area contributed by atoms with Crippen LogP contribution in [0.15, 0.2) is 18.2 Å². The van der Waals surface area contributed by atoms with E-state index >= 15 is 0 Å². The molecule has 4 heteroatoms. The maximum Gasteiger partial charge on any atom is 0.198 e. The molecule has 1 aromatic rings. The summed E-state index contributed by atoms with van der Waals surface area (Å²) in [7, 11) is 4.72. The predicted octanol–water partition coefficient (Wildman–Crippen LogP) is 2.46. The van der Waals surface area contributed by atoms with Crippen LogP contribution < -0.4 is 9.47 Å². The number of carbonyl (C=O) groups excluding carboxylic acids is 1. The summed E-state index contributed by atoms with van der Waals surface area (Å²) < 4.78 is 15.8. The average Bonchev–Trinajstić information content (AvgIpc) is 2.37. The molecule has 0 spiro atoms. The van der Waals surface area contributed by atoms with Gasteiger partial charge in [-0.25, -0.2) is 0 Å². The van der Waals surface area contributed by atoms with E-state index in [4.69, 9.17) is 14.2 Å². The minimum atomic E-state index is -0.667. The molecule has 0 atom stereocenters. The zero-order valence-corrected chi connectivity index (χ0v) is 11.0. The second-order valence-corrected chi connectivity index (χ2v) is 4.45. The first-order valence-electron chi connectivity index (χ1n) is 5.99. The zero-order chi connectivity index (χ0) is 13.2. The quantitative estimate of drug-likeness (QED) is 0.753. The van der Waals surface area contributed by atoms with Gasteiger partial charge < -0.3 is 14.2 Å². The molecule has 1 aliphatic rings. The monoisotopic (exact) mass is 250 g/mol. The first-order chi connectivity index (χ1) is 8.66. The van der Waals surface area contributed by atoms with Crippen LogP contribution in [0.5, 0.6) is 11.5 Å². The summed E-state index contributed by atoms with van der Waals surface area (Å²) in [6.07, 6.45) is 2.55. The van der Waals surface area contributed by atoms with Gasteiger partial charge in [0, 0.05) is 7.11 Å². The van der Waals surface area contributed by atoms with E-state index < -0.39 is 5.60 Å². The van der Waals surface area contributed by atoms with Gasteiger partial charge in [-0.1, -0.05) is 0 Å². The van der Waals surface area contributed by atoms with Crippen LogP contribution in [-0.4, -0.2) is 32.7 Å². The van der Waals surface area contributed by atoms with E-state index in [1.807, 2.05) is 0 Å². The van der Waals surface area contributed by atoms with Crippen molar-refractivity contribution in [2.24, 2.45) is 0 Å². The lowest BCUT2D eigenvalue weighted by molar-refractivity contribution is -0.0449. The molecule has 18 heavy (non-hydrogen) atoms. The highest BCUT2D eigenvalue weighted by atomic mass is 16.5. The van der Waals surface area contributed by atoms with Crippen LogP contribution in [-0.2, 0) is 4.74 Å². The van der Waals surface area contributed by atoms with Gasteiger partial charge in [-0.2, -0.15) is 0 Å². The number of methoxy groups -OCH3 is 3. The fourth-order valence-electron chi connectivity index (χ4n) is 2.26. The molecule has 1 fully saturated rings. The molecule has 0 amide bonds. The Balaban J connectivity index is 2.39. The third kappa shape index (κ3) is 1.97. The van der Waals surface area contributed by atoms with Crippen molar-refractivity contribution in [1.29, 1.82) is 0 Å². The second kappa shape index (κ2) is 4.98. The molecule has 1 saturated carbocycles. The molecule has 2 rings (SSSR count). The first kappa shape index (κ1) is 12.9. The summed E-state index contributed by atoms with van der Waals surface area (Å²) >= 11 is 0. The minimum absolute atomic E-state index is 0.0213. The van der Waals surface area contributed by atoms with E-state index in [9.17, 15) is 4.79 Å². The predicted molar refractivity (Wildman–Crippen MR) is 67.5 cm³/mol. The summed E-state index contributed by atoms with van der Waals surface area (Å²) in [5.41, 5.74) is -0.141. The van der Waals surface area contributed by atoms with Crippen LogP contribution in [0.4, 0.5) is 0 Å². The lowest BCUT2D eigenvalue weighted by Gasteiger charge is -2.39. The van der Waals surface area contributed by atoms with Gasteiger partial charge in [-0.05, 0) is 37.5 Å². The maximum atomic E-state index is 12.6. The van der Waals surface area contributed by atoms with Gasteiger partial charge in [0.05, 0.1) is 19.8 Å². The summed E-state index contributed by atoms with van der Waals surface area (Å²) in [4.78, 5) is 12.6. The molecule has 0 N–H and O–H groups in total. The number of rotatable bonds is 5. The maximum absolute atomic E-state index is 12.6. The highest BCUT2D eigenvalue weighted by Gasteiger charge is 2.45. The van der Waals surface area contributed by atoms with Gasteiger partial charge in [0.15, 0.2) is 5.78 Å². The molecule has 0 saturated heterocycles. The third-order valence-corrected chi connectivity index (χ3v) is 3.62. The van der Waals surface area contributed by atoms with Gasteiger partial charge in [0.25, 0.3) is 0 Å². The van der Waals surface area contributed by atoms with Crippen molar-refractivity contribution in [2.75, 3.05) is 21.3 Å². The van der Waals surface area contributed by atoms with Crippen molar-refractivity contribution in [3.8, 4) is 11.5 Å². The highest BCUT2D eigenvalue weighted by molar-refractivity contribution is 6.05. The van der Waals surface area contributed by atoms with Crippen molar-refractivity contribution in [3.05, 3.63) is 23.8 Å². The van der Waals surface area contributed by atoms with E-state index in [2.05, 4.69) is 0 Å². The number of carbonyl (C=O) groups is 1. The summed E-state index contributed by atoms with van der Waals surface area (Å²) in [5.74, 6) is 1.18. The number of benzene rings is 1. The van der Waals surface area contributed by atoms with Gasteiger partial charge in [-0.15, -0.1) is 0 Å². The minimum Gasteiger partial charge on any atom is -0.497 e. The lowest BCUT2D eigenvalue weighted by Crippen LogP contribution is -2.47. The molecular formula is C14H18O4. The fraction of sp³-hybridized carbons (Fsp3) is 0.500. The van der Waals surface area contributed by atoms with Crippen molar-refractivity contribution in [1.82, 2.24) is 0 Å². The number of ether oxygens (including phenoxy) is 3. The highest BCUT2D eigenvalue weighted by Crippen LogP contribution is 2.40. The van der Waals surface area contributed by atoms with Gasteiger partial charge in [0.1, 0.15) is 17.1 Å². The largest absolute Gasteiger partial charge is 0.497 e. The van der Waals surface area contributed by atoms with Gasteiger partial charge >= 0.3 is 0 Å². The van der Waals surface area contributed by atoms with Crippen LogP contribution in [0, 0.1) is 0 Å². The van der Waals surface area contributed by atoms with E-state index in [0.29, 0.717) is 17.1 Å². The smallest absolute Gasteiger partial charge is 0.198 e. The SMILES string of the molecule is COc1ccc(OC)c(C(=O)C2(OC)CCC2)c1. The van der Waals surface area contributed by atoms with Crippen LogP contribution in [0.3, 0.4) is 0 Å². The van der Waals surface area contributed by atoms with Gasteiger partial charge in [-0.3, -0.25) is 4.79 Å². The Morgan fingerprint density at radius 2 is 1.89 bits per heavy atom. The van der Waals surface area contributed by atoms with Crippen molar-refractivity contribution in [3.63, 3.8) is 0 Å². The molecule has 0 radical (unpaired) electrons. The van der Waals surface area contributed by atoms with E-state index in [0.717, 1.165) is 19.3 Å². The normalized spacial score (nSPS) is 16.8. The number of Topliss-reactive ketones (excluding diaryl/α,β-unsaturated/α-hetero) is 1. The molecule has 1 aliphatic carbocycles. The van der Waals surface area contributed by atoms with Crippen LogP contribution in [0.1, 0.15) is 29.6 Å². The Morgan fingerprint density at radius 3 is 2.33 bits per heavy atom. The molecule has 0 aromatic heterocycles. The standard InChI is InChI=1S/C14H18O4/c1-16-10-5-6-12(17-2)11(9-10)13(15)14(18-3)7-4-8-14/h5-6,9H,4,7-8H2,1-3H3. The molecule has 0 heterocycles. The second-order valence-electron chi connectivity index (χ2n) is 4.45. The van der Waals surface area contributed by atoms with Crippen LogP contribution in [0.2, 0.25) is 0 Å². The Morgan fingerprint density at radius 1 is 1.17 bits per heavy atom. The molecular weight excluding hydrogens is 232 g/mol. The Kier molecular flexibility index (Phi) is 3.57. The zero-order valence-electron chi connectivity index (χ0n) is 11.0. The van der Waals surface area contributed by atoms with Crippen LogP contribution in [0.25, 0.3) is 0 Å². The van der Waals surface area contributed by atoms with Crippen LogP contribution >= 0.6 is 0 Å².